The highest BCUT2D eigenvalue weighted by molar-refractivity contribution is 7.99. The van der Waals surface area contributed by atoms with Crippen LogP contribution >= 0.6 is 11.8 Å². The van der Waals surface area contributed by atoms with E-state index in [0.717, 1.165) is 23.3 Å². The maximum atomic E-state index is 10.1. The van der Waals surface area contributed by atoms with Crippen molar-refractivity contribution in [1.29, 1.82) is 0 Å². The zero-order valence-corrected chi connectivity index (χ0v) is 15.7. The summed E-state index contributed by atoms with van der Waals surface area (Å²) in [5, 5.41) is 17.8. The lowest BCUT2D eigenvalue weighted by molar-refractivity contribution is 0.370. The van der Waals surface area contributed by atoms with E-state index in [1.807, 2.05) is 23.9 Å². The van der Waals surface area contributed by atoms with Gasteiger partial charge in [-0.3, -0.25) is 4.99 Å². The number of nitrogens with one attached hydrogen (secondary N) is 2. The lowest BCUT2D eigenvalue weighted by Gasteiger charge is -2.17. The van der Waals surface area contributed by atoms with E-state index >= 15 is 0 Å². The van der Waals surface area contributed by atoms with E-state index in [1.165, 1.54) is 19.3 Å². The summed E-state index contributed by atoms with van der Waals surface area (Å²) in [7, 11) is 1.56. The fraction of sp³-hybridized carbons (Fsp3) is 0.611. The topological polar surface area (TPSA) is 65.9 Å². The lowest BCUT2D eigenvalue weighted by atomic mass is 10.1. The van der Waals surface area contributed by atoms with Crippen LogP contribution in [0.2, 0.25) is 0 Å². The molecular weight excluding hydrogens is 322 g/mol. The number of phenols is 1. The molecule has 1 fully saturated rings. The van der Waals surface area contributed by atoms with Gasteiger partial charge in [0.25, 0.3) is 0 Å². The first kappa shape index (κ1) is 18.8. The van der Waals surface area contributed by atoms with Crippen molar-refractivity contribution < 1.29 is 9.84 Å². The smallest absolute Gasteiger partial charge is 0.191 e. The number of phenolic OH excluding ortho intramolecular Hbond substituents is 1. The first-order valence-corrected chi connectivity index (χ1v) is 9.89. The van der Waals surface area contributed by atoms with E-state index in [0.29, 0.717) is 24.8 Å². The average Bonchev–Trinajstić information content (AvgIpc) is 3.04. The second-order valence-electron chi connectivity index (χ2n) is 5.99. The molecule has 1 aromatic rings. The van der Waals surface area contributed by atoms with Crippen LogP contribution in [0.15, 0.2) is 23.2 Å². The number of aliphatic imine (C=N–C) groups is 1. The van der Waals surface area contributed by atoms with Gasteiger partial charge in [-0.05, 0) is 50.5 Å². The fourth-order valence-corrected chi connectivity index (χ4v) is 3.82. The predicted molar refractivity (Wildman–Crippen MR) is 102 cm³/mol. The monoisotopic (exact) mass is 351 g/mol. The molecule has 2 rings (SSSR count). The van der Waals surface area contributed by atoms with Crippen LogP contribution in [-0.2, 0) is 6.42 Å². The van der Waals surface area contributed by atoms with E-state index in [2.05, 4.69) is 28.8 Å². The molecule has 0 aliphatic heterocycles. The summed E-state index contributed by atoms with van der Waals surface area (Å²) in [5.74, 6) is 1.59. The van der Waals surface area contributed by atoms with Crippen molar-refractivity contribution in [2.45, 2.75) is 43.9 Å². The van der Waals surface area contributed by atoms with Gasteiger partial charge in [0.05, 0.1) is 7.11 Å². The number of rotatable bonds is 7. The Kier molecular flexibility index (Phi) is 7.56. The number of para-hydroxylation sites is 1. The van der Waals surface area contributed by atoms with Crippen LogP contribution < -0.4 is 15.4 Å². The molecule has 0 aromatic heterocycles. The molecular formula is C18H29N3O2S. The summed E-state index contributed by atoms with van der Waals surface area (Å²) in [4.78, 5) is 4.66. The second-order valence-corrected chi connectivity index (χ2v) is 7.13. The molecule has 0 saturated heterocycles. The molecule has 1 aromatic carbocycles. The minimum absolute atomic E-state index is 0.215. The predicted octanol–water partition coefficient (Wildman–Crippen LogP) is 2.78. The maximum absolute atomic E-state index is 10.1. The molecule has 0 heterocycles. The van der Waals surface area contributed by atoms with Crippen molar-refractivity contribution in [3.05, 3.63) is 23.8 Å². The van der Waals surface area contributed by atoms with Crippen LogP contribution in [0.4, 0.5) is 0 Å². The minimum Gasteiger partial charge on any atom is -0.504 e. The molecule has 24 heavy (non-hydrogen) atoms. The van der Waals surface area contributed by atoms with E-state index in [4.69, 9.17) is 4.74 Å². The molecule has 0 spiro atoms. The largest absolute Gasteiger partial charge is 0.504 e. The molecule has 2 atom stereocenters. The van der Waals surface area contributed by atoms with Gasteiger partial charge < -0.3 is 20.5 Å². The molecule has 3 N–H and O–H groups in total. The van der Waals surface area contributed by atoms with Crippen LogP contribution in [0.3, 0.4) is 0 Å². The SMILES string of the molecule is CCNC(=NCCc1cccc(OC)c1O)NC1CCC(SC)C1. The van der Waals surface area contributed by atoms with Gasteiger partial charge in [-0.1, -0.05) is 12.1 Å². The van der Waals surface area contributed by atoms with Crippen LogP contribution in [0, 0.1) is 0 Å². The Hall–Kier alpha value is -1.56. The molecule has 1 saturated carbocycles. The van der Waals surface area contributed by atoms with Crippen molar-refractivity contribution in [2.75, 3.05) is 26.5 Å². The Balaban J connectivity index is 1.91. The van der Waals surface area contributed by atoms with E-state index < -0.39 is 0 Å². The molecule has 0 bridgehead atoms. The Labute approximate surface area is 149 Å². The summed E-state index contributed by atoms with van der Waals surface area (Å²) in [6.45, 7) is 3.54. The second kappa shape index (κ2) is 9.67. The average molecular weight is 352 g/mol. The van der Waals surface area contributed by atoms with Gasteiger partial charge in [-0.2, -0.15) is 11.8 Å². The summed E-state index contributed by atoms with van der Waals surface area (Å²) >= 11 is 1.96. The standard InChI is InChI=1S/C18H29N3O2S/c1-4-19-18(21-14-8-9-15(12-14)24-3)20-11-10-13-6-5-7-16(23-2)17(13)22/h5-7,14-15,22H,4,8-12H2,1-3H3,(H2,19,20,21). The van der Waals surface area contributed by atoms with Crippen LogP contribution in [0.1, 0.15) is 31.7 Å². The molecule has 0 radical (unpaired) electrons. The van der Waals surface area contributed by atoms with Crippen LogP contribution in [-0.4, -0.2) is 48.8 Å². The Morgan fingerprint density at radius 2 is 2.25 bits per heavy atom. The zero-order valence-electron chi connectivity index (χ0n) is 14.8. The number of benzene rings is 1. The summed E-state index contributed by atoms with van der Waals surface area (Å²) < 4.78 is 5.15. The number of hydrogen-bond donors (Lipinski definition) is 3. The summed E-state index contributed by atoms with van der Waals surface area (Å²) in [6, 6.07) is 6.07. The molecule has 134 valence electrons. The van der Waals surface area contributed by atoms with Crippen LogP contribution in [0.25, 0.3) is 0 Å². The fourth-order valence-electron chi connectivity index (χ4n) is 3.02. The Morgan fingerprint density at radius 3 is 2.92 bits per heavy atom. The van der Waals surface area contributed by atoms with Gasteiger partial charge in [0.2, 0.25) is 0 Å². The summed E-state index contributed by atoms with van der Waals surface area (Å²) in [6.07, 6.45) is 6.54. The Morgan fingerprint density at radius 1 is 1.42 bits per heavy atom. The molecule has 1 aliphatic rings. The van der Waals surface area contributed by atoms with Crippen molar-refractivity contribution in [3.8, 4) is 11.5 Å². The molecule has 6 heteroatoms. The molecule has 0 amide bonds. The zero-order chi connectivity index (χ0) is 17.4. The number of guanidine groups is 1. The van der Waals surface area contributed by atoms with Gasteiger partial charge in [0.1, 0.15) is 0 Å². The number of ether oxygens (including phenoxy) is 1. The van der Waals surface area contributed by atoms with Crippen molar-refractivity contribution in [2.24, 2.45) is 4.99 Å². The van der Waals surface area contributed by atoms with Crippen LogP contribution in [0.5, 0.6) is 11.5 Å². The van der Waals surface area contributed by atoms with E-state index in [9.17, 15) is 5.11 Å². The third-order valence-electron chi connectivity index (χ3n) is 4.36. The molecule has 1 aliphatic carbocycles. The number of hydrogen-bond acceptors (Lipinski definition) is 4. The number of methoxy groups -OCH3 is 1. The first-order valence-electron chi connectivity index (χ1n) is 8.60. The number of aromatic hydroxyl groups is 1. The van der Waals surface area contributed by atoms with Crippen molar-refractivity contribution in [3.63, 3.8) is 0 Å². The van der Waals surface area contributed by atoms with Gasteiger partial charge in [0.15, 0.2) is 17.5 Å². The van der Waals surface area contributed by atoms with Crippen molar-refractivity contribution >= 4 is 17.7 Å². The van der Waals surface area contributed by atoms with E-state index in [-0.39, 0.29) is 5.75 Å². The normalized spacial score (nSPS) is 20.9. The van der Waals surface area contributed by atoms with Gasteiger partial charge in [-0.25, -0.2) is 0 Å². The maximum Gasteiger partial charge on any atom is 0.191 e. The summed E-state index contributed by atoms with van der Waals surface area (Å²) in [5.41, 5.74) is 0.859. The third kappa shape index (κ3) is 5.23. The lowest BCUT2D eigenvalue weighted by Crippen LogP contribution is -2.42. The van der Waals surface area contributed by atoms with E-state index in [1.54, 1.807) is 13.2 Å². The number of nitrogens with zero attached hydrogens (tertiary/aromatic N) is 1. The minimum atomic E-state index is 0.215. The third-order valence-corrected chi connectivity index (χ3v) is 5.45. The quantitative estimate of drug-likeness (QED) is 0.521. The Bertz CT molecular complexity index is 551. The number of thioether (sulfide) groups is 1. The van der Waals surface area contributed by atoms with Gasteiger partial charge >= 0.3 is 0 Å². The van der Waals surface area contributed by atoms with Gasteiger partial charge in [0, 0.05) is 24.4 Å². The highest BCUT2D eigenvalue weighted by Gasteiger charge is 2.24. The molecule has 5 nitrogen and oxygen atoms in total. The highest BCUT2D eigenvalue weighted by Crippen LogP contribution is 2.30. The first-order chi connectivity index (χ1) is 11.7. The highest BCUT2D eigenvalue weighted by atomic mass is 32.2. The van der Waals surface area contributed by atoms with Gasteiger partial charge in [-0.15, -0.1) is 0 Å². The molecule has 2 unspecified atom stereocenters. The van der Waals surface area contributed by atoms with Crippen molar-refractivity contribution in [1.82, 2.24) is 10.6 Å².